The highest BCUT2D eigenvalue weighted by Gasteiger charge is 2.49. The minimum atomic E-state index is -0.251. The molecule has 3 aromatic rings. The van der Waals surface area contributed by atoms with Gasteiger partial charge in [-0.3, -0.25) is 9.69 Å². The molecule has 1 atom stereocenters. The molecule has 0 radical (unpaired) electrons. The lowest BCUT2D eigenvalue weighted by molar-refractivity contribution is -0.128. The van der Waals surface area contributed by atoms with Gasteiger partial charge in [-0.05, 0) is 70.7 Å². The van der Waals surface area contributed by atoms with Gasteiger partial charge in [0.15, 0.2) is 0 Å². The zero-order valence-corrected chi connectivity index (χ0v) is 28.1. The normalized spacial score (nSPS) is 20.8. The van der Waals surface area contributed by atoms with Crippen molar-refractivity contribution in [3.63, 3.8) is 0 Å². The van der Waals surface area contributed by atoms with Gasteiger partial charge >= 0.3 is 6.01 Å². The first-order valence-electron chi connectivity index (χ1n) is 17.3. The van der Waals surface area contributed by atoms with Crippen LogP contribution in [0.3, 0.4) is 0 Å². The molecule has 1 aromatic heterocycles. The first-order chi connectivity index (χ1) is 23.3. The summed E-state index contributed by atoms with van der Waals surface area (Å²) in [5.74, 6) is 1.03. The van der Waals surface area contributed by atoms with Crippen molar-refractivity contribution in [1.29, 1.82) is 5.26 Å². The molecule has 48 heavy (non-hydrogen) atoms. The zero-order chi connectivity index (χ0) is 33.3. The Balaban J connectivity index is 1.18. The Labute approximate surface area is 283 Å². The van der Waals surface area contributed by atoms with Gasteiger partial charge in [0, 0.05) is 61.5 Å². The molecule has 4 heterocycles. The van der Waals surface area contributed by atoms with E-state index in [0.29, 0.717) is 45.3 Å². The highest BCUT2D eigenvalue weighted by molar-refractivity contribution is 5.95. The van der Waals surface area contributed by atoms with Crippen LogP contribution in [-0.2, 0) is 17.8 Å². The van der Waals surface area contributed by atoms with Gasteiger partial charge in [0.1, 0.15) is 18.2 Å². The number of aromatic hydroxyl groups is 1. The second-order valence-electron chi connectivity index (χ2n) is 14.0. The van der Waals surface area contributed by atoms with Crippen molar-refractivity contribution in [2.24, 2.45) is 0 Å². The standard InChI is InChI=1S/C37H46N8O3/c1-41(2)16-7-10-34(47)45-21-20-43(24-28(45)11-15-38)35-31-12-19-42(33-23-29(46)22-27-8-3-4-9-30(27)33)25-32(31)39-36(40-35)48-26-37(13-14-37)44-17-5-6-18-44/h3-4,7-10,22-23,28,46H,5-6,11-14,16-21,24-26H2,1-2H3/b10-7+/t28-/m0/s1. The van der Waals surface area contributed by atoms with Gasteiger partial charge in [0.2, 0.25) is 5.91 Å². The number of hydrogen-bond acceptors (Lipinski definition) is 10. The number of rotatable bonds is 10. The third kappa shape index (κ3) is 6.64. The van der Waals surface area contributed by atoms with Crippen LogP contribution in [0.4, 0.5) is 11.5 Å². The highest BCUT2D eigenvalue weighted by atomic mass is 16.5. The fraction of sp³-hybridized carbons (Fsp3) is 0.514. The number of benzene rings is 2. The molecule has 2 saturated heterocycles. The van der Waals surface area contributed by atoms with Gasteiger partial charge < -0.3 is 29.4 Å². The largest absolute Gasteiger partial charge is 0.508 e. The van der Waals surface area contributed by atoms with Crippen LogP contribution < -0.4 is 14.5 Å². The maximum absolute atomic E-state index is 13.2. The molecule has 0 spiro atoms. The molecule has 7 rings (SSSR count). The number of aromatic nitrogens is 2. The molecular formula is C37H46N8O3. The molecule has 2 aromatic carbocycles. The van der Waals surface area contributed by atoms with Crippen LogP contribution in [0.1, 0.15) is 43.4 Å². The van der Waals surface area contributed by atoms with Crippen molar-refractivity contribution in [2.45, 2.75) is 56.7 Å². The van der Waals surface area contributed by atoms with Crippen LogP contribution >= 0.6 is 0 Å². The number of piperazine rings is 1. The fourth-order valence-corrected chi connectivity index (χ4v) is 7.62. The van der Waals surface area contributed by atoms with E-state index in [-0.39, 0.29) is 29.7 Å². The molecule has 1 saturated carbocycles. The SMILES string of the molecule is CN(C)C/C=C/C(=O)N1CCN(c2nc(OCC3(N4CCCC4)CC3)nc3c2CCN(c2cc(O)cc4ccccc24)C3)C[C@@H]1CC#N. The smallest absolute Gasteiger partial charge is 0.318 e. The van der Waals surface area contributed by atoms with Gasteiger partial charge in [0.05, 0.1) is 36.3 Å². The van der Waals surface area contributed by atoms with E-state index in [1.165, 1.54) is 12.8 Å². The molecule has 4 aliphatic rings. The lowest BCUT2D eigenvalue weighted by Gasteiger charge is -2.42. The van der Waals surface area contributed by atoms with E-state index in [2.05, 4.69) is 26.8 Å². The summed E-state index contributed by atoms with van der Waals surface area (Å²) < 4.78 is 6.49. The number of carbonyl (C=O) groups excluding carboxylic acids is 1. The van der Waals surface area contributed by atoms with Crippen molar-refractivity contribution >= 4 is 28.2 Å². The zero-order valence-electron chi connectivity index (χ0n) is 28.1. The van der Waals surface area contributed by atoms with Crippen molar-refractivity contribution in [3.8, 4) is 17.8 Å². The maximum atomic E-state index is 13.2. The fourth-order valence-electron chi connectivity index (χ4n) is 7.62. The number of fused-ring (bicyclic) bond motifs is 2. The number of ether oxygens (including phenoxy) is 1. The summed E-state index contributed by atoms with van der Waals surface area (Å²) in [6.07, 6.45) is 9.23. The van der Waals surface area contributed by atoms with Crippen molar-refractivity contribution < 1.29 is 14.6 Å². The Morgan fingerprint density at radius 2 is 1.92 bits per heavy atom. The summed E-state index contributed by atoms with van der Waals surface area (Å²) in [4.78, 5) is 34.2. The van der Waals surface area contributed by atoms with Crippen LogP contribution in [0.25, 0.3) is 10.8 Å². The number of likely N-dealkylation sites (tertiary alicyclic amines) is 1. The highest BCUT2D eigenvalue weighted by Crippen LogP contribution is 2.44. The lowest BCUT2D eigenvalue weighted by atomic mass is 10.0. The predicted octanol–water partition coefficient (Wildman–Crippen LogP) is 3.95. The van der Waals surface area contributed by atoms with Crippen molar-refractivity contribution in [2.75, 3.05) is 76.3 Å². The number of nitriles is 1. The molecule has 1 N–H and O–H groups in total. The molecule has 0 unspecified atom stereocenters. The van der Waals surface area contributed by atoms with E-state index in [1.54, 1.807) is 12.1 Å². The molecule has 11 heteroatoms. The van der Waals surface area contributed by atoms with E-state index >= 15 is 0 Å². The van der Waals surface area contributed by atoms with E-state index in [9.17, 15) is 15.2 Å². The summed E-state index contributed by atoms with van der Waals surface area (Å²) in [6.45, 7) is 6.43. The van der Waals surface area contributed by atoms with Gasteiger partial charge in [-0.15, -0.1) is 0 Å². The number of likely N-dealkylation sites (N-methyl/N-ethyl adjacent to an activating group) is 1. The topological polar surface area (TPSA) is 112 Å². The van der Waals surface area contributed by atoms with Crippen LogP contribution in [0.2, 0.25) is 0 Å². The summed E-state index contributed by atoms with van der Waals surface area (Å²) in [7, 11) is 3.93. The van der Waals surface area contributed by atoms with Crippen LogP contribution in [0, 0.1) is 11.3 Å². The van der Waals surface area contributed by atoms with Gasteiger partial charge in [-0.2, -0.15) is 15.2 Å². The molecule has 1 amide bonds. The summed E-state index contributed by atoms with van der Waals surface area (Å²) in [5, 5.41) is 22.4. The molecule has 252 valence electrons. The number of hydrogen-bond donors (Lipinski definition) is 1. The lowest BCUT2D eigenvalue weighted by Crippen LogP contribution is -2.55. The first-order valence-corrected chi connectivity index (χ1v) is 17.3. The monoisotopic (exact) mass is 650 g/mol. The third-order valence-electron chi connectivity index (χ3n) is 10.4. The molecular weight excluding hydrogens is 604 g/mol. The maximum Gasteiger partial charge on any atom is 0.318 e. The van der Waals surface area contributed by atoms with E-state index in [4.69, 9.17) is 14.7 Å². The quantitative estimate of drug-likeness (QED) is 0.324. The average Bonchev–Trinajstić information content (AvgIpc) is 3.67. The van der Waals surface area contributed by atoms with E-state index in [1.807, 2.05) is 54.2 Å². The molecule has 3 aliphatic heterocycles. The Hall–Kier alpha value is -4.40. The average molecular weight is 651 g/mol. The number of anilines is 2. The molecule has 3 fully saturated rings. The van der Waals surface area contributed by atoms with Crippen LogP contribution in [0.15, 0.2) is 48.6 Å². The van der Waals surface area contributed by atoms with Crippen LogP contribution in [0.5, 0.6) is 11.8 Å². The van der Waals surface area contributed by atoms with Crippen molar-refractivity contribution in [1.82, 2.24) is 24.7 Å². The first kappa shape index (κ1) is 32.2. The van der Waals surface area contributed by atoms with Gasteiger partial charge in [0.25, 0.3) is 0 Å². The third-order valence-corrected chi connectivity index (χ3v) is 10.4. The van der Waals surface area contributed by atoms with Gasteiger partial charge in [-0.1, -0.05) is 30.3 Å². The Kier molecular flexibility index (Phi) is 9.12. The number of nitrogens with zero attached hydrogens (tertiary/aromatic N) is 8. The number of phenolic OH excluding ortho intramolecular Hbond substituents is 1. The van der Waals surface area contributed by atoms with E-state index < -0.39 is 0 Å². The summed E-state index contributed by atoms with van der Waals surface area (Å²) >= 11 is 0. The Morgan fingerprint density at radius 3 is 2.69 bits per heavy atom. The second-order valence-corrected chi connectivity index (χ2v) is 14.0. The van der Waals surface area contributed by atoms with Gasteiger partial charge in [-0.25, -0.2) is 0 Å². The Bertz CT molecular complexity index is 1730. The molecule has 0 bridgehead atoms. The van der Waals surface area contributed by atoms with Crippen LogP contribution in [-0.4, -0.2) is 114 Å². The number of phenols is 1. The Morgan fingerprint density at radius 1 is 1.10 bits per heavy atom. The number of carbonyl (C=O) groups is 1. The van der Waals surface area contributed by atoms with Crippen molar-refractivity contribution in [3.05, 3.63) is 59.8 Å². The molecule has 1 aliphatic carbocycles. The number of amides is 1. The van der Waals surface area contributed by atoms with E-state index in [0.717, 1.165) is 72.4 Å². The molecule has 11 nitrogen and oxygen atoms in total. The predicted molar refractivity (Wildman–Crippen MR) is 186 cm³/mol. The second kappa shape index (κ2) is 13.6. The minimum Gasteiger partial charge on any atom is -0.508 e. The summed E-state index contributed by atoms with van der Waals surface area (Å²) in [6, 6.07) is 14.2. The minimum absolute atomic E-state index is 0.0592. The summed E-state index contributed by atoms with van der Waals surface area (Å²) in [5.41, 5.74) is 3.08.